The van der Waals surface area contributed by atoms with Gasteiger partial charge in [-0.3, -0.25) is 9.59 Å². The Kier molecular flexibility index (Phi) is 5.20. The van der Waals surface area contributed by atoms with Gasteiger partial charge in [-0.2, -0.15) is 0 Å². The number of carbonyl (C=O) groups excluding carboxylic acids is 1. The molecule has 0 aromatic heterocycles. The molecule has 0 saturated heterocycles. The van der Waals surface area contributed by atoms with Crippen LogP contribution in [-0.4, -0.2) is 30.6 Å². The van der Waals surface area contributed by atoms with Crippen LogP contribution in [0, 0.1) is 11.8 Å². The number of aliphatic carboxylic acids is 1. The number of carboxylic acid groups (broad SMARTS) is 1. The van der Waals surface area contributed by atoms with Crippen LogP contribution in [0.4, 0.5) is 0 Å². The van der Waals surface area contributed by atoms with E-state index < -0.39 is 5.97 Å². The number of hydrogen-bond donors (Lipinski definition) is 2. The molecule has 1 aromatic rings. The van der Waals surface area contributed by atoms with Crippen molar-refractivity contribution in [3.8, 4) is 5.75 Å². The molecule has 5 heteroatoms. The van der Waals surface area contributed by atoms with E-state index in [1.54, 1.807) is 7.11 Å². The standard InChI is InChI=1S/C16H21NO4/c1-21-14-4-2-3-11(9-14)7-8-17-15(18)12-5-6-13(10-12)16(19)20/h2-4,9,12-13H,5-8,10H2,1H3,(H,17,18)(H,19,20)/t12-,13+/m1/s1. The molecule has 0 heterocycles. The second-order valence-corrected chi connectivity index (χ2v) is 5.44. The Labute approximate surface area is 124 Å². The molecule has 2 rings (SSSR count). The van der Waals surface area contributed by atoms with E-state index >= 15 is 0 Å². The SMILES string of the molecule is COc1cccc(CCNC(=O)[C@@H]2CC[C@H](C(=O)O)C2)c1. The van der Waals surface area contributed by atoms with Crippen molar-refractivity contribution in [2.24, 2.45) is 11.8 Å². The van der Waals surface area contributed by atoms with Gasteiger partial charge in [0.15, 0.2) is 0 Å². The summed E-state index contributed by atoms with van der Waals surface area (Å²) in [5, 5.41) is 11.8. The van der Waals surface area contributed by atoms with Crippen molar-refractivity contribution in [2.75, 3.05) is 13.7 Å². The van der Waals surface area contributed by atoms with Gasteiger partial charge >= 0.3 is 5.97 Å². The maximum absolute atomic E-state index is 12.0. The Balaban J connectivity index is 1.75. The molecule has 1 aliphatic rings. The molecule has 0 spiro atoms. The Hall–Kier alpha value is -2.04. The molecule has 0 radical (unpaired) electrons. The van der Waals surface area contributed by atoms with Gasteiger partial charge in [-0.1, -0.05) is 12.1 Å². The lowest BCUT2D eigenvalue weighted by Crippen LogP contribution is -2.31. The molecule has 1 saturated carbocycles. The van der Waals surface area contributed by atoms with E-state index in [4.69, 9.17) is 9.84 Å². The fourth-order valence-corrected chi connectivity index (χ4v) is 2.75. The number of carbonyl (C=O) groups is 2. The Bertz CT molecular complexity index is 515. The van der Waals surface area contributed by atoms with Crippen LogP contribution >= 0.6 is 0 Å². The number of nitrogens with one attached hydrogen (secondary N) is 1. The van der Waals surface area contributed by atoms with E-state index in [2.05, 4.69) is 5.32 Å². The van der Waals surface area contributed by atoms with Gasteiger partial charge in [0.2, 0.25) is 5.91 Å². The largest absolute Gasteiger partial charge is 0.497 e. The first-order valence-corrected chi connectivity index (χ1v) is 7.23. The van der Waals surface area contributed by atoms with Gasteiger partial charge in [0.05, 0.1) is 13.0 Å². The molecule has 0 aliphatic heterocycles. The Morgan fingerprint density at radius 1 is 1.33 bits per heavy atom. The van der Waals surface area contributed by atoms with Crippen molar-refractivity contribution in [2.45, 2.75) is 25.7 Å². The molecule has 1 aliphatic carbocycles. The molecular formula is C16H21NO4. The lowest BCUT2D eigenvalue weighted by atomic mass is 10.0. The summed E-state index contributed by atoms with van der Waals surface area (Å²) in [7, 11) is 1.62. The molecular weight excluding hydrogens is 270 g/mol. The summed E-state index contributed by atoms with van der Waals surface area (Å²) in [6.07, 6.45) is 2.46. The van der Waals surface area contributed by atoms with Gasteiger partial charge in [-0.05, 0) is 43.4 Å². The number of ether oxygens (including phenoxy) is 1. The monoisotopic (exact) mass is 291 g/mol. The molecule has 2 atom stereocenters. The van der Waals surface area contributed by atoms with E-state index in [0.29, 0.717) is 25.8 Å². The molecule has 1 fully saturated rings. The van der Waals surface area contributed by atoms with Gasteiger partial charge in [0.25, 0.3) is 0 Å². The van der Waals surface area contributed by atoms with Gasteiger partial charge in [0, 0.05) is 12.5 Å². The Morgan fingerprint density at radius 2 is 2.10 bits per heavy atom. The highest BCUT2D eigenvalue weighted by Crippen LogP contribution is 2.31. The number of hydrogen-bond acceptors (Lipinski definition) is 3. The first-order chi connectivity index (χ1) is 10.1. The average Bonchev–Trinajstić information content (AvgIpc) is 2.97. The minimum atomic E-state index is -0.790. The smallest absolute Gasteiger partial charge is 0.306 e. The van der Waals surface area contributed by atoms with Crippen molar-refractivity contribution >= 4 is 11.9 Å². The van der Waals surface area contributed by atoms with Crippen molar-refractivity contribution in [3.05, 3.63) is 29.8 Å². The van der Waals surface area contributed by atoms with E-state index in [1.165, 1.54) is 0 Å². The van der Waals surface area contributed by atoms with Gasteiger partial charge < -0.3 is 15.2 Å². The number of benzene rings is 1. The predicted octanol–water partition coefficient (Wildman–Crippen LogP) is 1.85. The molecule has 1 amide bonds. The van der Waals surface area contributed by atoms with Crippen molar-refractivity contribution in [1.29, 1.82) is 0 Å². The van der Waals surface area contributed by atoms with Crippen molar-refractivity contribution < 1.29 is 19.4 Å². The molecule has 5 nitrogen and oxygen atoms in total. The number of rotatable bonds is 6. The van der Waals surface area contributed by atoms with Crippen LogP contribution in [0.2, 0.25) is 0 Å². The summed E-state index contributed by atoms with van der Waals surface area (Å²) in [5.74, 6) is -0.530. The normalized spacial score (nSPS) is 21.0. The van der Waals surface area contributed by atoms with Crippen LogP contribution < -0.4 is 10.1 Å². The van der Waals surface area contributed by atoms with Gasteiger partial charge in [-0.25, -0.2) is 0 Å². The predicted molar refractivity (Wildman–Crippen MR) is 78.2 cm³/mol. The second kappa shape index (κ2) is 7.11. The topological polar surface area (TPSA) is 75.6 Å². The van der Waals surface area contributed by atoms with Crippen molar-refractivity contribution in [3.63, 3.8) is 0 Å². The lowest BCUT2D eigenvalue weighted by Gasteiger charge is -2.11. The second-order valence-electron chi connectivity index (χ2n) is 5.44. The van der Waals surface area contributed by atoms with E-state index in [9.17, 15) is 9.59 Å². The summed E-state index contributed by atoms with van der Waals surface area (Å²) in [4.78, 5) is 22.9. The van der Waals surface area contributed by atoms with Crippen LogP contribution in [-0.2, 0) is 16.0 Å². The first-order valence-electron chi connectivity index (χ1n) is 7.23. The van der Waals surface area contributed by atoms with Crippen LogP contribution in [0.25, 0.3) is 0 Å². The molecule has 21 heavy (non-hydrogen) atoms. The van der Waals surface area contributed by atoms with E-state index in [0.717, 1.165) is 17.7 Å². The number of carboxylic acids is 1. The number of methoxy groups -OCH3 is 1. The summed E-state index contributed by atoms with van der Waals surface area (Å²) in [5.41, 5.74) is 1.10. The van der Waals surface area contributed by atoms with E-state index in [1.807, 2.05) is 24.3 Å². The lowest BCUT2D eigenvalue weighted by molar-refractivity contribution is -0.141. The maximum Gasteiger partial charge on any atom is 0.306 e. The van der Waals surface area contributed by atoms with Crippen LogP contribution in [0.3, 0.4) is 0 Å². The molecule has 1 aromatic carbocycles. The fraction of sp³-hybridized carbons (Fsp3) is 0.500. The minimum absolute atomic E-state index is 0.0263. The highest BCUT2D eigenvalue weighted by Gasteiger charge is 2.33. The van der Waals surface area contributed by atoms with Crippen LogP contribution in [0.1, 0.15) is 24.8 Å². The van der Waals surface area contributed by atoms with Gasteiger partial charge in [0.1, 0.15) is 5.75 Å². The summed E-state index contributed by atoms with van der Waals surface area (Å²) >= 11 is 0. The third-order valence-corrected chi connectivity index (χ3v) is 4.00. The summed E-state index contributed by atoms with van der Waals surface area (Å²) < 4.78 is 5.15. The number of amides is 1. The van der Waals surface area contributed by atoms with E-state index in [-0.39, 0.29) is 17.7 Å². The minimum Gasteiger partial charge on any atom is -0.497 e. The highest BCUT2D eigenvalue weighted by atomic mass is 16.5. The quantitative estimate of drug-likeness (QED) is 0.838. The molecule has 114 valence electrons. The van der Waals surface area contributed by atoms with Crippen molar-refractivity contribution in [1.82, 2.24) is 5.32 Å². The zero-order chi connectivity index (χ0) is 15.2. The molecule has 0 bridgehead atoms. The average molecular weight is 291 g/mol. The third kappa shape index (κ3) is 4.21. The van der Waals surface area contributed by atoms with Gasteiger partial charge in [-0.15, -0.1) is 0 Å². The third-order valence-electron chi connectivity index (χ3n) is 4.00. The maximum atomic E-state index is 12.0. The molecule has 2 N–H and O–H groups in total. The summed E-state index contributed by atoms with van der Waals surface area (Å²) in [6, 6.07) is 7.74. The summed E-state index contributed by atoms with van der Waals surface area (Å²) in [6.45, 7) is 0.556. The molecule has 0 unspecified atom stereocenters. The highest BCUT2D eigenvalue weighted by molar-refractivity contribution is 5.80. The Morgan fingerprint density at radius 3 is 2.76 bits per heavy atom. The van der Waals surface area contributed by atoms with Crippen LogP contribution in [0.15, 0.2) is 24.3 Å². The zero-order valence-corrected chi connectivity index (χ0v) is 12.2. The fourth-order valence-electron chi connectivity index (χ4n) is 2.75. The zero-order valence-electron chi connectivity index (χ0n) is 12.2. The first kappa shape index (κ1) is 15.4. The van der Waals surface area contributed by atoms with Crippen LogP contribution in [0.5, 0.6) is 5.75 Å².